The average molecular weight is 339 g/mol. The molecule has 0 unspecified atom stereocenters. The van der Waals surface area contributed by atoms with Crippen molar-refractivity contribution in [1.29, 1.82) is 0 Å². The van der Waals surface area contributed by atoms with Gasteiger partial charge < -0.3 is 10.6 Å². The van der Waals surface area contributed by atoms with Crippen molar-refractivity contribution in [3.63, 3.8) is 0 Å². The Morgan fingerprint density at radius 2 is 1.92 bits per heavy atom. The maximum absolute atomic E-state index is 12.6. The largest absolute Gasteiger partial charge is 0.352 e. The molecule has 1 aromatic heterocycles. The van der Waals surface area contributed by atoms with Gasteiger partial charge in [-0.2, -0.15) is 0 Å². The van der Waals surface area contributed by atoms with E-state index in [0.29, 0.717) is 18.0 Å². The smallest absolute Gasteiger partial charge is 0.274 e. The molecular formula is C20H25N3O2. The van der Waals surface area contributed by atoms with Crippen LogP contribution in [0.5, 0.6) is 0 Å². The molecule has 2 amide bonds. The van der Waals surface area contributed by atoms with E-state index in [2.05, 4.69) is 15.6 Å². The number of nitrogens with zero attached hydrogens (tertiary/aromatic N) is 1. The van der Waals surface area contributed by atoms with Crippen molar-refractivity contribution in [2.24, 2.45) is 5.92 Å². The molecule has 2 N–H and O–H groups in total. The van der Waals surface area contributed by atoms with Crippen LogP contribution >= 0.6 is 0 Å². The van der Waals surface area contributed by atoms with Gasteiger partial charge in [-0.05, 0) is 42.5 Å². The molecule has 132 valence electrons. The van der Waals surface area contributed by atoms with Gasteiger partial charge in [0.2, 0.25) is 0 Å². The minimum absolute atomic E-state index is 0.199. The van der Waals surface area contributed by atoms with Crippen LogP contribution in [0.15, 0.2) is 36.5 Å². The molecule has 0 bridgehead atoms. The SMILES string of the molecule is CCc1cccc(C)c1NC(=O)c1cc(C(=O)NCC(C)C)ccn1. The predicted octanol–water partition coefficient (Wildman–Crippen LogP) is 3.59. The Kier molecular flexibility index (Phi) is 6.28. The summed E-state index contributed by atoms with van der Waals surface area (Å²) < 4.78 is 0. The highest BCUT2D eigenvalue weighted by molar-refractivity contribution is 6.05. The molecule has 2 rings (SSSR count). The summed E-state index contributed by atoms with van der Waals surface area (Å²) in [5.41, 5.74) is 3.54. The van der Waals surface area contributed by atoms with Crippen molar-refractivity contribution in [3.8, 4) is 0 Å². The number of hydrogen-bond acceptors (Lipinski definition) is 3. The number of carbonyl (C=O) groups is 2. The lowest BCUT2D eigenvalue weighted by Gasteiger charge is -2.13. The maximum Gasteiger partial charge on any atom is 0.274 e. The van der Waals surface area contributed by atoms with E-state index in [1.807, 2.05) is 45.9 Å². The van der Waals surface area contributed by atoms with Crippen molar-refractivity contribution in [2.75, 3.05) is 11.9 Å². The quantitative estimate of drug-likeness (QED) is 0.845. The van der Waals surface area contributed by atoms with Crippen molar-refractivity contribution in [1.82, 2.24) is 10.3 Å². The van der Waals surface area contributed by atoms with Crippen LogP contribution in [0.1, 0.15) is 52.7 Å². The first kappa shape index (κ1) is 18.6. The summed E-state index contributed by atoms with van der Waals surface area (Å²) in [6.45, 7) is 8.64. The van der Waals surface area contributed by atoms with Gasteiger partial charge in [0.25, 0.3) is 11.8 Å². The molecule has 0 saturated carbocycles. The molecule has 0 atom stereocenters. The average Bonchev–Trinajstić information content (AvgIpc) is 2.61. The van der Waals surface area contributed by atoms with Gasteiger partial charge in [0.05, 0.1) is 0 Å². The van der Waals surface area contributed by atoms with Crippen LogP contribution in [0.4, 0.5) is 5.69 Å². The lowest BCUT2D eigenvalue weighted by molar-refractivity contribution is 0.0949. The Balaban J connectivity index is 2.18. The topological polar surface area (TPSA) is 71.1 Å². The van der Waals surface area contributed by atoms with Crippen LogP contribution in [0.2, 0.25) is 0 Å². The number of aromatic nitrogens is 1. The number of aryl methyl sites for hydroxylation is 2. The zero-order chi connectivity index (χ0) is 18.4. The van der Waals surface area contributed by atoms with Gasteiger partial charge in [-0.25, -0.2) is 0 Å². The maximum atomic E-state index is 12.6. The number of para-hydroxylation sites is 1. The number of carbonyl (C=O) groups excluding carboxylic acids is 2. The van der Waals surface area contributed by atoms with Crippen LogP contribution in [0, 0.1) is 12.8 Å². The summed E-state index contributed by atoms with van der Waals surface area (Å²) >= 11 is 0. The van der Waals surface area contributed by atoms with Gasteiger partial charge in [0, 0.05) is 24.0 Å². The summed E-state index contributed by atoms with van der Waals surface area (Å²) in [7, 11) is 0. The van der Waals surface area contributed by atoms with E-state index in [-0.39, 0.29) is 17.5 Å². The predicted molar refractivity (Wildman–Crippen MR) is 99.9 cm³/mol. The molecule has 25 heavy (non-hydrogen) atoms. The van der Waals surface area contributed by atoms with Crippen LogP contribution < -0.4 is 10.6 Å². The molecule has 5 nitrogen and oxygen atoms in total. The minimum atomic E-state index is -0.317. The minimum Gasteiger partial charge on any atom is -0.352 e. The number of benzene rings is 1. The number of pyridine rings is 1. The van der Waals surface area contributed by atoms with Crippen molar-refractivity contribution in [3.05, 3.63) is 58.9 Å². The number of hydrogen-bond donors (Lipinski definition) is 2. The Bertz CT molecular complexity index is 769. The normalized spacial score (nSPS) is 10.6. The molecule has 0 saturated heterocycles. The number of amides is 2. The molecule has 0 radical (unpaired) electrons. The van der Waals surface area contributed by atoms with Crippen molar-refractivity contribution in [2.45, 2.75) is 34.1 Å². The van der Waals surface area contributed by atoms with Crippen molar-refractivity contribution < 1.29 is 9.59 Å². The summed E-state index contributed by atoms with van der Waals surface area (Å²) in [5, 5.41) is 5.77. The van der Waals surface area contributed by atoms with Crippen molar-refractivity contribution >= 4 is 17.5 Å². The molecule has 1 heterocycles. The van der Waals surface area contributed by atoms with Gasteiger partial charge in [-0.3, -0.25) is 14.6 Å². The van der Waals surface area contributed by atoms with E-state index >= 15 is 0 Å². The second kappa shape index (κ2) is 8.42. The van der Waals surface area contributed by atoms with E-state index < -0.39 is 0 Å². The third kappa shape index (κ3) is 4.89. The second-order valence-corrected chi connectivity index (χ2v) is 6.45. The Hall–Kier alpha value is -2.69. The molecule has 1 aromatic carbocycles. The summed E-state index contributed by atoms with van der Waals surface area (Å²) in [6.07, 6.45) is 2.31. The molecular weight excluding hydrogens is 314 g/mol. The van der Waals surface area contributed by atoms with E-state index in [4.69, 9.17) is 0 Å². The Morgan fingerprint density at radius 1 is 1.16 bits per heavy atom. The van der Waals surface area contributed by atoms with Gasteiger partial charge in [0.15, 0.2) is 0 Å². The monoisotopic (exact) mass is 339 g/mol. The lowest BCUT2D eigenvalue weighted by atomic mass is 10.1. The van der Waals surface area contributed by atoms with Gasteiger partial charge >= 0.3 is 0 Å². The fourth-order valence-electron chi connectivity index (χ4n) is 2.47. The van der Waals surface area contributed by atoms with E-state index in [1.54, 1.807) is 6.07 Å². The number of anilines is 1. The molecule has 0 spiro atoms. The molecule has 0 aliphatic rings. The standard InChI is InChI=1S/C20H25N3O2/c1-5-15-8-6-7-14(4)18(15)23-20(25)17-11-16(9-10-21-17)19(24)22-12-13(2)3/h6-11,13H,5,12H2,1-4H3,(H,22,24)(H,23,25). The van der Waals surface area contributed by atoms with Crippen LogP contribution in [0.3, 0.4) is 0 Å². The van der Waals surface area contributed by atoms with E-state index in [1.165, 1.54) is 12.3 Å². The molecule has 0 aliphatic carbocycles. The first-order valence-electron chi connectivity index (χ1n) is 8.56. The van der Waals surface area contributed by atoms with Gasteiger partial charge in [-0.1, -0.05) is 39.0 Å². The van der Waals surface area contributed by atoms with Crippen LogP contribution in [-0.2, 0) is 6.42 Å². The van der Waals surface area contributed by atoms with Gasteiger partial charge in [0.1, 0.15) is 5.69 Å². The fraction of sp³-hybridized carbons (Fsp3) is 0.350. The van der Waals surface area contributed by atoms with E-state index in [0.717, 1.165) is 23.2 Å². The van der Waals surface area contributed by atoms with Gasteiger partial charge in [-0.15, -0.1) is 0 Å². The first-order chi connectivity index (χ1) is 11.9. The van der Waals surface area contributed by atoms with E-state index in [9.17, 15) is 9.59 Å². The molecule has 0 fully saturated rings. The Morgan fingerprint density at radius 3 is 2.60 bits per heavy atom. The molecule has 0 aliphatic heterocycles. The fourth-order valence-corrected chi connectivity index (χ4v) is 2.47. The third-order valence-corrected chi connectivity index (χ3v) is 3.90. The van der Waals surface area contributed by atoms with Crippen LogP contribution in [0.25, 0.3) is 0 Å². The highest BCUT2D eigenvalue weighted by Gasteiger charge is 2.14. The molecule has 2 aromatic rings. The summed E-state index contributed by atoms with van der Waals surface area (Å²) in [4.78, 5) is 28.8. The first-order valence-corrected chi connectivity index (χ1v) is 8.56. The van der Waals surface area contributed by atoms with Crippen LogP contribution in [-0.4, -0.2) is 23.3 Å². The summed E-state index contributed by atoms with van der Waals surface area (Å²) in [5.74, 6) is -0.153. The molecule has 5 heteroatoms. The number of nitrogens with one attached hydrogen (secondary N) is 2. The second-order valence-electron chi connectivity index (χ2n) is 6.45. The highest BCUT2D eigenvalue weighted by atomic mass is 16.2. The zero-order valence-electron chi connectivity index (χ0n) is 15.2. The third-order valence-electron chi connectivity index (χ3n) is 3.90. The zero-order valence-corrected chi connectivity index (χ0v) is 15.2. The highest BCUT2D eigenvalue weighted by Crippen LogP contribution is 2.21. The summed E-state index contributed by atoms with van der Waals surface area (Å²) in [6, 6.07) is 9.05. The number of rotatable bonds is 6. The Labute approximate surface area is 148 Å². The lowest BCUT2D eigenvalue weighted by Crippen LogP contribution is -2.27.